The van der Waals surface area contributed by atoms with Crippen molar-refractivity contribution >= 4 is 62.5 Å². The minimum Gasteiger partial charge on any atom is -0.457 e. The van der Waals surface area contributed by atoms with Gasteiger partial charge in [0.15, 0.2) is 5.11 Å². The summed E-state index contributed by atoms with van der Waals surface area (Å²) < 4.78 is 6.04. The normalized spacial score (nSPS) is 14.9. The molecule has 1 N–H and O–H groups in total. The molecule has 8 nitrogen and oxygen atoms in total. The zero-order chi connectivity index (χ0) is 23.5. The Morgan fingerprint density at radius 1 is 1.00 bits per heavy atom. The maximum absolute atomic E-state index is 13.1. The van der Waals surface area contributed by atoms with Gasteiger partial charge in [0, 0.05) is 6.07 Å². The largest absolute Gasteiger partial charge is 0.457 e. The number of ether oxygens (including phenoxy) is 1. The van der Waals surface area contributed by atoms with Crippen molar-refractivity contribution in [3.63, 3.8) is 0 Å². The molecule has 4 rings (SSSR count). The van der Waals surface area contributed by atoms with Gasteiger partial charge in [-0.1, -0.05) is 24.3 Å². The molecule has 0 saturated carbocycles. The third-order valence-electron chi connectivity index (χ3n) is 4.65. The molecule has 33 heavy (non-hydrogen) atoms. The molecule has 1 fully saturated rings. The Morgan fingerprint density at radius 2 is 1.67 bits per heavy atom. The highest BCUT2D eigenvalue weighted by Gasteiger charge is 2.34. The monoisotopic (exact) mass is 523 g/mol. The van der Waals surface area contributed by atoms with Crippen LogP contribution in [0.2, 0.25) is 0 Å². The number of carbonyl (C=O) groups is 2. The second kappa shape index (κ2) is 9.31. The smallest absolute Gasteiger partial charge is 0.284 e. The zero-order valence-corrected chi connectivity index (χ0v) is 19.1. The van der Waals surface area contributed by atoms with E-state index in [4.69, 9.17) is 17.0 Å². The quantitative estimate of drug-likeness (QED) is 0.166. The standard InChI is InChI=1S/C23H14BrN3O5S/c24-19-11-6-14(13-20(19)27(30)31)12-18-21(28)25-23(33)26(22(18)29)15-7-9-17(10-8-15)32-16-4-2-1-3-5-16/h1-13H,(H,25,28,33)/b18-12+. The van der Waals surface area contributed by atoms with Crippen molar-refractivity contribution in [1.29, 1.82) is 0 Å². The van der Waals surface area contributed by atoms with Gasteiger partial charge in [0.05, 0.1) is 15.1 Å². The number of nitrogens with zero attached hydrogens (tertiary/aromatic N) is 2. The van der Waals surface area contributed by atoms with E-state index in [0.717, 1.165) is 0 Å². The lowest BCUT2D eigenvalue weighted by Crippen LogP contribution is -2.54. The maximum atomic E-state index is 13.1. The second-order valence-electron chi connectivity index (χ2n) is 6.83. The van der Waals surface area contributed by atoms with Crippen molar-refractivity contribution in [2.45, 2.75) is 0 Å². The zero-order valence-electron chi connectivity index (χ0n) is 16.7. The van der Waals surface area contributed by atoms with Gasteiger partial charge in [-0.15, -0.1) is 0 Å². The van der Waals surface area contributed by atoms with Crippen molar-refractivity contribution in [2.24, 2.45) is 0 Å². The molecule has 3 aromatic rings. The van der Waals surface area contributed by atoms with Gasteiger partial charge >= 0.3 is 0 Å². The summed E-state index contributed by atoms with van der Waals surface area (Å²) in [6.07, 6.45) is 1.29. The summed E-state index contributed by atoms with van der Waals surface area (Å²) in [5, 5.41) is 13.6. The Bertz CT molecular complexity index is 1310. The van der Waals surface area contributed by atoms with Gasteiger partial charge in [0.25, 0.3) is 17.5 Å². The molecule has 1 heterocycles. The fraction of sp³-hybridized carbons (Fsp3) is 0. The van der Waals surface area contributed by atoms with Crippen LogP contribution >= 0.6 is 28.1 Å². The number of thiocarbonyl (C=S) groups is 1. The fourth-order valence-electron chi connectivity index (χ4n) is 3.11. The summed E-state index contributed by atoms with van der Waals surface area (Å²) in [7, 11) is 0. The van der Waals surface area contributed by atoms with Crippen LogP contribution in [0.15, 0.2) is 82.8 Å². The van der Waals surface area contributed by atoms with Crippen LogP contribution in [0.3, 0.4) is 0 Å². The third-order valence-corrected chi connectivity index (χ3v) is 5.61. The van der Waals surface area contributed by atoms with E-state index in [2.05, 4.69) is 21.2 Å². The number of carbonyl (C=O) groups excluding carboxylic acids is 2. The van der Waals surface area contributed by atoms with Crippen LogP contribution < -0.4 is 15.0 Å². The van der Waals surface area contributed by atoms with Crippen molar-refractivity contribution < 1.29 is 19.2 Å². The highest BCUT2D eigenvalue weighted by atomic mass is 79.9. The van der Waals surface area contributed by atoms with E-state index in [-0.39, 0.29) is 20.8 Å². The number of anilines is 1. The summed E-state index contributed by atoms with van der Waals surface area (Å²) in [5.74, 6) is -0.111. The Labute approximate surface area is 201 Å². The molecular weight excluding hydrogens is 510 g/mol. The minimum atomic E-state index is -0.684. The summed E-state index contributed by atoms with van der Waals surface area (Å²) in [4.78, 5) is 37.4. The van der Waals surface area contributed by atoms with Crippen LogP contribution in [-0.2, 0) is 9.59 Å². The molecular formula is C23H14BrN3O5S. The number of nitrogens with one attached hydrogen (secondary N) is 1. The molecule has 1 aliphatic heterocycles. The Balaban J connectivity index is 1.62. The molecule has 164 valence electrons. The van der Waals surface area contributed by atoms with Crippen LogP contribution in [0.25, 0.3) is 6.08 Å². The molecule has 2 amide bonds. The van der Waals surface area contributed by atoms with Crippen molar-refractivity contribution in [2.75, 3.05) is 4.90 Å². The first-order valence-electron chi connectivity index (χ1n) is 9.52. The predicted octanol–water partition coefficient (Wildman–Crippen LogP) is 4.98. The van der Waals surface area contributed by atoms with Crippen molar-refractivity contribution in [1.82, 2.24) is 5.32 Å². The van der Waals surface area contributed by atoms with Crippen molar-refractivity contribution in [3.8, 4) is 11.5 Å². The summed E-state index contributed by atoms with van der Waals surface area (Å²) in [5.41, 5.74) is 0.361. The molecule has 0 aliphatic carbocycles. The molecule has 0 bridgehead atoms. The van der Waals surface area contributed by atoms with E-state index in [0.29, 0.717) is 22.7 Å². The van der Waals surface area contributed by atoms with Crippen LogP contribution in [0.5, 0.6) is 11.5 Å². The Kier molecular flexibility index (Phi) is 6.29. The fourth-order valence-corrected chi connectivity index (χ4v) is 3.78. The van der Waals surface area contributed by atoms with Crippen LogP contribution in [0.4, 0.5) is 11.4 Å². The lowest BCUT2D eigenvalue weighted by atomic mass is 10.1. The summed E-state index contributed by atoms with van der Waals surface area (Å²) in [6, 6.07) is 20.1. The van der Waals surface area contributed by atoms with E-state index in [1.165, 1.54) is 23.1 Å². The lowest BCUT2D eigenvalue weighted by Gasteiger charge is -2.29. The summed E-state index contributed by atoms with van der Waals surface area (Å²) >= 11 is 8.32. The van der Waals surface area contributed by atoms with E-state index < -0.39 is 16.7 Å². The number of nitro benzene ring substituents is 1. The number of nitro groups is 1. The van der Waals surface area contributed by atoms with Gasteiger partial charge in [-0.2, -0.15) is 0 Å². The van der Waals surface area contributed by atoms with Crippen molar-refractivity contribution in [3.05, 3.63) is 98.5 Å². The third kappa shape index (κ3) is 4.81. The van der Waals surface area contributed by atoms with Gasteiger partial charge in [0.1, 0.15) is 17.1 Å². The Hall–Kier alpha value is -3.89. The molecule has 1 saturated heterocycles. The average molecular weight is 524 g/mol. The SMILES string of the molecule is O=C1NC(=S)N(c2ccc(Oc3ccccc3)cc2)C(=O)/C1=C/c1ccc(Br)c([N+](=O)[O-])c1. The topological polar surface area (TPSA) is 102 Å². The average Bonchev–Trinajstić information content (AvgIpc) is 2.79. The number of para-hydroxylation sites is 1. The molecule has 0 spiro atoms. The number of hydrogen-bond acceptors (Lipinski definition) is 6. The first-order chi connectivity index (χ1) is 15.8. The van der Waals surface area contributed by atoms with E-state index >= 15 is 0 Å². The van der Waals surface area contributed by atoms with Crippen LogP contribution in [0.1, 0.15) is 5.56 Å². The Morgan fingerprint density at radius 3 is 2.33 bits per heavy atom. The number of amides is 2. The second-order valence-corrected chi connectivity index (χ2v) is 8.08. The van der Waals surface area contributed by atoms with Gasteiger partial charge in [-0.25, -0.2) is 0 Å². The number of hydrogen-bond donors (Lipinski definition) is 1. The van der Waals surface area contributed by atoms with Crippen LogP contribution in [-0.4, -0.2) is 21.9 Å². The van der Waals surface area contributed by atoms with E-state index in [1.54, 1.807) is 30.3 Å². The van der Waals surface area contributed by atoms with Gasteiger partial charge in [0.2, 0.25) is 0 Å². The van der Waals surface area contributed by atoms with E-state index in [1.807, 2.05) is 30.3 Å². The van der Waals surface area contributed by atoms with Gasteiger partial charge in [-0.05, 0) is 82.3 Å². The molecule has 0 unspecified atom stereocenters. The highest BCUT2D eigenvalue weighted by molar-refractivity contribution is 9.10. The minimum absolute atomic E-state index is 0.0688. The number of rotatable bonds is 5. The van der Waals surface area contributed by atoms with Crippen LogP contribution in [0, 0.1) is 10.1 Å². The maximum Gasteiger partial charge on any atom is 0.284 e. The molecule has 1 aliphatic rings. The highest BCUT2D eigenvalue weighted by Crippen LogP contribution is 2.29. The number of benzene rings is 3. The molecule has 3 aromatic carbocycles. The van der Waals surface area contributed by atoms with Gasteiger partial charge in [-0.3, -0.25) is 29.9 Å². The molecule has 0 atom stereocenters. The predicted molar refractivity (Wildman–Crippen MR) is 130 cm³/mol. The van der Waals surface area contributed by atoms with Gasteiger partial charge < -0.3 is 4.74 Å². The molecule has 0 radical (unpaired) electrons. The number of halogens is 1. The summed E-state index contributed by atoms with van der Waals surface area (Å²) in [6.45, 7) is 0. The lowest BCUT2D eigenvalue weighted by molar-refractivity contribution is -0.385. The van der Waals surface area contributed by atoms with E-state index in [9.17, 15) is 19.7 Å². The first kappa shape index (κ1) is 22.3. The first-order valence-corrected chi connectivity index (χ1v) is 10.7. The molecule has 10 heteroatoms. The molecule has 0 aromatic heterocycles.